The predicted octanol–water partition coefficient (Wildman–Crippen LogP) is 1.99. The van der Waals surface area contributed by atoms with E-state index < -0.39 is 6.10 Å². The Kier molecular flexibility index (Phi) is 3.86. The van der Waals surface area contributed by atoms with Gasteiger partial charge in [0.1, 0.15) is 6.10 Å². The van der Waals surface area contributed by atoms with Crippen molar-refractivity contribution in [1.82, 2.24) is 4.98 Å². The molecule has 5 nitrogen and oxygen atoms in total. The first kappa shape index (κ1) is 14.0. The Balaban J connectivity index is 1.82. The number of benzene rings is 1. The van der Waals surface area contributed by atoms with Gasteiger partial charge in [-0.15, -0.1) is 0 Å². The Bertz CT molecular complexity index is 672. The van der Waals surface area contributed by atoms with E-state index in [-0.39, 0.29) is 12.0 Å². The quantitative estimate of drug-likeness (QED) is 0.904. The van der Waals surface area contributed by atoms with Gasteiger partial charge in [-0.1, -0.05) is 6.07 Å². The number of amides is 1. The number of aromatic nitrogens is 1. The molecule has 1 saturated heterocycles. The molecule has 0 spiro atoms. The largest absolute Gasteiger partial charge is 0.364 e. The van der Waals surface area contributed by atoms with Crippen molar-refractivity contribution in [1.29, 1.82) is 0 Å². The molecule has 1 amide bonds. The lowest BCUT2D eigenvalue weighted by Gasteiger charge is -2.14. The van der Waals surface area contributed by atoms with E-state index in [4.69, 9.17) is 10.5 Å². The maximum atomic E-state index is 12.3. The smallest absolute Gasteiger partial charge is 0.253 e. The second-order valence-electron chi connectivity index (χ2n) is 5.38. The maximum Gasteiger partial charge on any atom is 0.253 e. The molecule has 2 aromatic rings. The van der Waals surface area contributed by atoms with Gasteiger partial charge in [0.25, 0.3) is 5.91 Å². The summed E-state index contributed by atoms with van der Waals surface area (Å²) in [6.07, 6.45) is 2.90. The molecule has 1 fully saturated rings. The van der Waals surface area contributed by atoms with Crippen molar-refractivity contribution in [2.45, 2.75) is 32.0 Å². The van der Waals surface area contributed by atoms with Gasteiger partial charge in [0.15, 0.2) is 0 Å². The molecule has 21 heavy (non-hydrogen) atoms. The van der Waals surface area contributed by atoms with E-state index in [1.165, 1.54) is 0 Å². The minimum atomic E-state index is -0.411. The normalized spacial score (nSPS) is 21.6. The van der Waals surface area contributed by atoms with E-state index in [0.717, 1.165) is 35.0 Å². The van der Waals surface area contributed by atoms with Crippen LogP contribution in [0.4, 0.5) is 5.69 Å². The first-order valence-corrected chi connectivity index (χ1v) is 7.20. The Morgan fingerprint density at radius 2 is 2.29 bits per heavy atom. The predicted molar refractivity (Wildman–Crippen MR) is 82.1 cm³/mol. The number of nitrogens with zero attached hydrogens (tertiary/aromatic N) is 1. The van der Waals surface area contributed by atoms with Crippen molar-refractivity contribution in [3.8, 4) is 0 Å². The van der Waals surface area contributed by atoms with Gasteiger partial charge >= 0.3 is 0 Å². The van der Waals surface area contributed by atoms with Crippen molar-refractivity contribution < 1.29 is 9.53 Å². The van der Waals surface area contributed by atoms with Gasteiger partial charge in [0.05, 0.1) is 17.3 Å². The fourth-order valence-corrected chi connectivity index (χ4v) is 2.71. The number of nitrogens with two attached hydrogens (primary N) is 1. The zero-order valence-electron chi connectivity index (χ0n) is 12.0. The fraction of sp³-hybridized carbons (Fsp3) is 0.375. The zero-order valence-corrected chi connectivity index (χ0v) is 12.0. The lowest BCUT2D eigenvalue weighted by Crippen LogP contribution is -2.29. The number of carbonyl (C=O) groups excluding carboxylic acids is 1. The van der Waals surface area contributed by atoms with E-state index in [1.807, 2.05) is 31.2 Å². The summed E-state index contributed by atoms with van der Waals surface area (Å²) in [5.74, 6) is -0.111. The molecule has 0 aliphatic carbocycles. The first-order chi connectivity index (χ1) is 10.2. The standard InChI is InChI=1S/C16H19N3O2/c1-10-4-6-13(12-3-2-8-18-15(10)12)19-16(20)14-7-5-11(9-17)21-14/h2-4,6,8,11,14H,5,7,9,17H2,1H3,(H,19,20). The van der Waals surface area contributed by atoms with Crippen LogP contribution in [0.3, 0.4) is 0 Å². The van der Waals surface area contributed by atoms with Crippen molar-refractivity contribution in [3.63, 3.8) is 0 Å². The lowest BCUT2D eigenvalue weighted by molar-refractivity contribution is -0.126. The second-order valence-corrected chi connectivity index (χ2v) is 5.38. The van der Waals surface area contributed by atoms with Gasteiger partial charge in [-0.2, -0.15) is 0 Å². The van der Waals surface area contributed by atoms with Crippen molar-refractivity contribution in [3.05, 3.63) is 36.0 Å². The molecule has 1 aliphatic heterocycles. The molecule has 5 heteroatoms. The van der Waals surface area contributed by atoms with E-state index in [9.17, 15) is 4.79 Å². The molecular formula is C16H19N3O2. The highest BCUT2D eigenvalue weighted by Gasteiger charge is 2.30. The lowest BCUT2D eigenvalue weighted by atomic mass is 10.1. The van der Waals surface area contributed by atoms with Crippen LogP contribution in [0, 0.1) is 6.92 Å². The molecule has 1 aliphatic rings. The summed E-state index contributed by atoms with van der Waals surface area (Å²) in [5.41, 5.74) is 8.34. The van der Waals surface area contributed by atoms with Gasteiger partial charge in [0, 0.05) is 18.1 Å². The third-order valence-electron chi connectivity index (χ3n) is 3.89. The molecule has 1 aromatic carbocycles. The summed E-state index contributed by atoms with van der Waals surface area (Å²) in [6.45, 7) is 2.47. The number of fused-ring (bicyclic) bond motifs is 1. The van der Waals surface area contributed by atoms with Crippen molar-refractivity contribution in [2.75, 3.05) is 11.9 Å². The van der Waals surface area contributed by atoms with Crippen LogP contribution >= 0.6 is 0 Å². The Hall–Kier alpha value is -1.98. The molecule has 0 radical (unpaired) electrons. The zero-order chi connectivity index (χ0) is 14.8. The molecule has 3 rings (SSSR count). The van der Waals surface area contributed by atoms with Crippen molar-refractivity contribution in [2.24, 2.45) is 5.73 Å². The van der Waals surface area contributed by atoms with E-state index >= 15 is 0 Å². The molecule has 2 atom stereocenters. The van der Waals surface area contributed by atoms with Gasteiger partial charge < -0.3 is 15.8 Å². The highest BCUT2D eigenvalue weighted by Crippen LogP contribution is 2.26. The average molecular weight is 285 g/mol. The summed E-state index contributed by atoms with van der Waals surface area (Å²) in [6, 6.07) is 7.70. The summed E-state index contributed by atoms with van der Waals surface area (Å²) in [5, 5.41) is 3.90. The van der Waals surface area contributed by atoms with Crippen LogP contribution in [-0.2, 0) is 9.53 Å². The van der Waals surface area contributed by atoms with Crippen LogP contribution in [0.5, 0.6) is 0 Å². The van der Waals surface area contributed by atoms with Gasteiger partial charge in [-0.3, -0.25) is 9.78 Å². The van der Waals surface area contributed by atoms with E-state index in [1.54, 1.807) is 6.20 Å². The Morgan fingerprint density at radius 1 is 1.43 bits per heavy atom. The maximum absolute atomic E-state index is 12.3. The number of hydrogen-bond donors (Lipinski definition) is 2. The molecule has 110 valence electrons. The minimum Gasteiger partial charge on any atom is -0.364 e. The topological polar surface area (TPSA) is 77.2 Å². The number of rotatable bonds is 3. The molecule has 2 heterocycles. The number of ether oxygens (including phenoxy) is 1. The average Bonchev–Trinajstić information content (AvgIpc) is 2.99. The molecule has 1 aromatic heterocycles. The van der Waals surface area contributed by atoms with E-state index in [2.05, 4.69) is 10.3 Å². The Labute approximate surface area is 123 Å². The van der Waals surface area contributed by atoms with Crippen LogP contribution in [0.25, 0.3) is 10.9 Å². The van der Waals surface area contributed by atoms with Gasteiger partial charge in [-0.25, -0.2) is 0 Å². The van der Waals surface area contributed by atoms with E-state index in [0.29, 0.717) is 6.54 Å². The molecule has 3 N–H and O–H groups in total. The Morgan fingerprint density at radius 3 is 3.05 bits per heavy atom. The van der Waals surface area contributed by atoms with Gasteiger partial charge in [0.2, 0.25) is 0 Å². The second kappa shape index (κ2) is 5.79. The third kappa shape index (κ3) is 2.75. The third-order valence-corrected chi connectivity index (χ3v) is 3.89. The molecule has 0 saturated carbocycles. The summed E-state index contributed by atoms with van der Waals surface area (Å²) in [4.78, 5) is 16.7. The first-order valence-electron chi connectivity index (χ1n) is 7.20. The minimum absolute atomic E-state index is 0.00261. The summed E-state index contributed by atoms with van der Waals surface area (Å²) >= 11 is 0. The van der Waals surface area contributed by atoms with Crippen LogP contribution in [0.2, 0.25) is 0 Å². The molecule has 0 bridgehead atoms. The fourth-order valence-electron chi connectivity index (χ4n) is 2.71. The summed E-state index contributed by atoms with van der Waals surface area (Å²) in [7, 11) is 0. The molecular weight excluding hydrogens is 266 g/mol. The number of anilines is 1. The highest BCUT2D eigenvalue weighted by atomic mass is 16.5. The summed E-state index contributed by atoms with van der Waals surface area (Å²) < 4.78 is 5.63. The van der Waals surface area contributed by atoms with Crippen LogP contribution in [0.15, 0.2) is 30.5 Å². The molecule has 2 unspecified atom stereocenters. The van der Waals surface area contributed by atoms with Crippen LogP contribution < -0.4 is 11.1 Å². The van der Waals surface area contributed by atoms with Gasteiger partial charge in [-0.05, 0) is 43.5 Å². The number of aryl methyl sites for hydroxylation is 1. The number of pyridine rings is 1. The SMILES string of the molecule is Cc1ccc(NC(=O)C2CCC(CN)O2)c2cccnc12. The number of hydrogen-bond acceptors (Lipinski definition) is 4. The van der Waals surface area contributed by atoms with Crippen LogP contribution in [-0.4, -0.2) is 29.6 Å². The number of carbonyl (C=O) groups is 1. The highest BCUT2D eigenvalue weighted by molar-refractivity contribution is 6.03. The number of nitrogens with one attached hydrogen (secondary N) is 1. The van der Waals surface area contributed by atoms with Crippen molar-refractivity contribution >= 4 is 22.5 Å². The van der Waals surface area contributed by atoms with Crippen LogP contribution in [0.1, 0.15) is 18.4 Å². The monoisotopic (exact) mass is 285 g/mol.